The Morgan fingerprint density at radius 1 is 0.892 bits per heavy atom. The predicted molar refractivity (Wildman–Crippen MR) is 152 cm³/mol. The average molecular weight is 526 g/mol. The number of carbonyl (C=O) groups is 2. The van der Waals surface area contributed by atoms with Crippen molar-refractivity contribution in [2.24, 2.45) is 0 Å². The molecule has 0 unspecified atom stereocenters. The van der Waals surface area contributed by atoms with Gasteiger partial charge in [-0.25, -0.2) is 0 Å². The molecule has 0 aromatic heterocycles. The van der Waals surface area contributed by atoms with E-state index in [9.17, 15) is 9.59 Å². The van der Waals surface area contributed by atoms with Crippen LogP contribution in [0.15, 0.2) is 48.5 Å². The van der Waals surface area contributed by atoms with Gasteiger partial charge >= 0.3 is 0 Å². The first-order valence-electron chi connectivity index (χ1n) is 13.4. The first-order valence-corrected chi connectivity index (χ1v) is 13.8. The highest BCUT2D eigenvalue weighted by Crippen LogP contribution is 2.29. The Morgan fingerprint density at radius 2 is 1.54 bits per heavy atom. The Morgan fingerprint density at radius 3 is 2.19 bits per heavy atom. The van der Waals surface area contributed by atoms with Crippen molar-refractivity contribution in [2.75, 3.05) is 30.0 Å². The predicted octanol–water partition coefficient (Wildman–Crippen LogP) is 6.18. The molecular weight excluding hydrogens is 486 g/mol. The first-order chi connectivity index (χ1) is 18.0. The lowest BCUT2D eigenvalue weighted by molar-refractivity contribution is -0.124. The number of carbonyl (C=O) groups excluding carboxylic acids is 2. The van der Waals surface area contributed by atoms with Gasteiger partial charge in [-0.1, -0.05) is 39.5 Å². The van der Waals surface area contributed by atoms with Crippen molar-refractivity contribution in [3.05, 3.63) is 48.5 Å². The van der Waals surface area contributed by atoms with E-state index in [0.29, 0.717) is 36.2 Å². The number of nitrogens with zero attached hydrogens (tertiary/aromatic N) is 2. The molecule has 8 heteroatoms. The zero-order valence-electron chi connectivity index (χ0n) is 22.2. The van der Waals surface area contributed by atoms with E-state index in [0.717, 1.165) is 37.2 Å². The van der Waals surface area contributed by atoms with Crippen molar-refractivity contribution in [3.8, 4) is 11.5 Å². The van der Waals surface area contributed by atoms with Crippen molar-refractivity contribution in [1.82, 2.24) is 4.90 Å². The van der Waals surface area contributed by atoms with E-state index >= 15 is 0 Å². The number of nitrogens with one attached hydrogen (secondary N) is 1. The van der Waals surface area contributed by atoms with Gasteiger partial charge < -0.3 is 19.7 Å². The van der Waals surface area contributed by atoms with Gasteiger partial charge in [0.15, 0.2) is 5.11 Å². The molecule has 200 valence electrons. The van der Waals surface area contributed by atoms with Crippen LogP contribution in [-0.4, -0.2) is 47.6 Å². The number of ether oxygens (including phenoxy) is 2. The minimum Gasteiger partial charge on any atom is -0.494 e. The second-order valence-electron chi connectivity index (χ2n) is 9.13. The fraction of sp³-hybridized carbons (Fsp3) is 0.483. The summed E-state index contributed by atoms with van der Waals surface area (Å²) in [6.45, 7) is 8.02. The zero-order valence-corrected chi connectivity index (χ0v) is 23.0. The van der Waals surface area contributed by atoms with E-state index in [1.54, 1.807) is 4.90 Å². The Kier molecular flexibility index (Phi) is 11.2. The van der Waals surface area contributed by atoms with Gasteiger partial charge in [0.2, 0.25) is 5.91 Å². The summed E-state index contributed by atoms with van der Waals surface area (Å²) in [6, 6.07) is 14.0. The molecule has 1 aliphatic heterocycles. The summed E-state index contributed by atoms with van der Waals surface area (Å²) in [6.07, 6.45) is 6.44. The highest BCUT2D eigenvalue weighted by molar-refractivity contribution is 7.80. The molecule has 7 nitrogen and oxygen atoms in total. The smallest absolute Gasteiger partial charge is 0.256 e. The van der Waals surface area contributed by atoms with Crippen molar-refractivity contribution in [1.29, 1.82) is 0 Å². The van der Waals surface area contributed by atoms with Gasteiger partial charge in [-0.3, -0.25) is 14.5 Å². The zero-order chi connectivity index (χ0) is 26.6. The summed E-state index contributed by atoms with van der Waals surface area (Å²) >= 11 is 5.77. The van der Waals surface area contributed by atoms with Crippen LogP contribution in [0, 0.1) is 0 Å². The molecule has 37 heavy (non-hydrogen) atoms. The molecule has 1 heterocycles. The van der Waals surface area contributed by atoms with Crippen molar-refractivity contribution >= 4 is 40.5 Å². The lowest BCUT2D eigenvalue weighted by atomic mass is 10.1. The second kappa shape index (κ2) is 14.6. The third kappa shape index (κ3) is 7.92. The number of rotatable bonds is 15. The number of amides is 2. The fourth-order valence-electron chi connectivity index (χ4n) is 4.31. The molecule has 0 spiro atoms. The van der Waals surface area contributed by atoms with Crippen LogP contribution in [0.1, 0.15) is 65.7 Å². The van der Waals surface area contributed by atoms with Crippen LogP contribution >= 0.6 is 12.2 Å². The maximum absolute atomic E-state index is 13.6. The summed E-state index contributed by atoms with van der Waals surface area (Å²) < 4.78 is 11.1. The molecule has 2 aromatic carbocycles. The third-order valence-corrected chi connectivity index (χ3v) is 6.63. The number of anilines is 2. The summed E-state index contributed by atoms with van der Waals surface area (Å²) in [5.74, 6) is 1.09. The van der Waals surface area contributed by atoms with Crippen molar-refractivity contribution in [3.63, 3.8) is 0 Å². The summed E-state index contributed by atoms with van der Waals surface area (Å²) in [7, 11) is 0. The van der Waals surface area contributed by atoms with Crippen LogP contribution in [0.25, 0.3) is 0 Å². The maximum atomic E-state index is 13.6. The standard InChI is InChI=1S/C29H39N3O4S/c1-4-7-8-9-10-19-31-26(21-27(33)30-22-11-15-25(16-12-22)36-20-5-2)28(34)32(29(31)37)23-13-17-24(18-14-23)35-6-3/h11-18,26H,4-10,19-21H2,1-3H3,(H,30,33)/t26-/m0/s1. The van der Waals surface area contributed by atoms with Gasteiger partial charge in [0.25, 0.3) is 5.91 Å². The van der Waals surface area contributed by atoms with Gasteiger partial charge in [0.1, 0.15) is 17.5 Å². The number of thiocarbonyl (C=S) groups is 1. The number of hydrogen-bond donors (Lipinski definition) is 1. The third-order valence-electron chi connectivity index (χ3n) is 6.22. The normalized spacial score (nSPS) is 15.3. The molecule has 2 amide bonds. The van der Waals surface area contributed by atoms with Crippen molar-refractivity contribution < 1.29 is 19.1 Å². The molecule has 0 saturated carbocycles. The van der Waals surface area contributed by atoms with E-state index in [4.69, 9.17) is 21.7 Å². The Bertz CT molecular complexity index is 1030. The van der Waals surface area contributed by atoms with Crippen LogP contribution in [-0.2, 0) is 9.59 Å². The molecule has 0 bridgehead atoms. The van der Waals surface area contributed by atoms with Gasteiger partial charge in [0, 0.05) is 12.2 Å². The van der Waals surface area contributed by atoms with Gasteiger partial charge in [-0.15, -0.1) is 0 Å². The monoisotopic (exact) mass is 525 g/mol. The summed E-state index contributed by atoms with van der Waals surface area (Å²) in [5, 5.41) is 3.36. The molecule has 1 fully saturated rings. The SMILES string of the molecule is CCCCCCCN1C(=S)N(c2ccc(OCC)cc2)C(=O)[C@@H]1CC(=O)Nc1ccc(OCCC)cc1. The highest BCUT2D eigenvalue weighted by atomic mass is 32.1. The van der Waals surface area contributed by atoms with Crippen LogP contribution in [0.2, 0.25) is 0 Å². The number of hydrogen-bond acceptors (Lipinski definition) is 5. The number of benzene rings is 2. The van der Waals surface area contributed by atoms with E-state index in [1.165, 1.54) is 12.8 Å². The van der Waals surface area contributed by atoms with Crippen LogP contribution < -0.4 is 19.7 Å². The lowest BCUT2D eigenvalue weighted by Crippen LogP contribution is -2.38. The second-order valence-corrected chi connectivity index (χ2v) is 9.50. The van der Waals surface area contributed by atoms with Gasteiger partial charge in [0.05, 0.1) is 25.3 Å². The van der Waals surface area contributed by atoms with E-state index in [-0.39, 0.29) is 18.2 Å². The minimum atomic E-state index is -0.641. The summed E-state index contributed by atoms with van der Waals surface area (Å²) in [5.41, 5.74) is 1.34. The first kappa shape index (κ1) is 28.4. The van der Waals surface area contributed by atoms with E-state index in [1.807, 2.05) is 60.4 Å². The molecular formula is C29H39N3O4S. The topological polar surface area (TPSA) is 71.1 Å². The highest BCUT2D eigenvalue weighted by Gasteiger charge is 2.43. The van der Waals surface area contributed by atoms with Crippen molar-refractivity contribution in [2.45, 2.75) is 71.8 Å². The van der Waals surface area contributed by atoms with E-state index < -0.39 is 6.04 Å². The number of unbranched alkanes of at least 4 members (excludes halogenated alkanes) is 4. The molecule has 1 atom stereocenters. The van der Waals surface area contributed by atoms with Gasteiger partial charge in [-0.05, 0) is 80.5 Å². The summed E-state index contributed by atoms with van der Waals surface area (Å²) in [4.78, 5) is 30.0. The fourth-order valence-corrected chi connectivity index (χ4v) is 4.72. The molecule has 1 N–H and O–H groups in total. The Hall–Kier alpha value is -3.13. The van der Waals surface area contributed by atoms with Crippen LogP contribution in [0.3, 0.4) is 0 Å². The molecule has 1 saturated heterocycles. The average Bonchev–Trinajstić information content (AvgIpc) is 3.12. The minimum absolute atomic E-state index is 0.0234. The van der Waals surface area contributed by atoms with Crippen LogP contribution in [0.5, 0.6) is 11.5 Å². The van der Waals surface area contributed by atoms with E-state index in [2.05, 4.69) is 19.2 Å². The molecule has 1 aliphatic rings. The molecule has 2 aromatic rings. The van der Waals surface area contributed by atoms with Gasteiger partial charge in [-0.2, -0.15) is 0 Å². The Labute approximate surface area is 226 Å². The van der Waals surface area contributed by atoms with Crippen LogP contribution in [0.4, 0.5) is 11.4 Å². The molecule has 3 rings (SSSR count). The quantitative estimate of drug-likeness (QED) is 0.221. The maximum Gasteiger partial charge on any atom is 0.256 e. The Balaban J connectivity index is 1.71. The molecule has 0 radical (unpaired) electrons. The molecule has 0 aliphatic carbocycles. The largest absolute Gasteiger partial charge is 0.494 e. The lowest BCUT2D eigenvalue weighted by Gasteiger charge is -2.24.